The summed E-state index contributed by atoms with van der Waals surface area (Å²) < 4.78 is 4.78. The zero-order valence-electron chi connectivity index (χ0n) is 16.2. The highest BCUT2D eigenvalue weighted by Crippen LogP contribution is 2.29. The fraction of sp³-hybridized carbons (Fsp3) is 0.263. The second-order valence-corrected chi connectivity index (χ2v) is 8.44. The van der Waals surface area contributed by atoms with Crippen molar-refractivity contribution in [3.63, 3.8) is 0 Å². The molecular weight excluding hydrogens is 509 g/mol. The molecular formula is C19H21IN3O7+. The van der Waals surface area contributed by atoms with Crippen LogP contribution < -0.4 is 9.88 Å². The molecule has 0 aliphatic carbocycles. The summed E-state index contributed by atoms with van der Waals surface area (Å²) in [6, 6.07) is 7.10. The number of ether oxygens (including phenoxy) is 1. The summed E-state index contributed by atoms with van der Waals surface area (Å²) in [5, 5.41) is 30.8. The molecule has 2 amide bonds. The van der Waals surface area contributed by atoms with Crippen LogP contribution in [0.4, 0.5) is 4.79 Å². The van der Waals surface area contributed by atoms with Crippen molar-refractivity contribution in [2.24, 2.45) is 0 Å². The van der Waals surface area contributed by atoms with E-state index in [1.807, 2.05) is 0 Å². The first-order valence-corrected chi connectivity index (χ1v) is 9.68. The van der Waals surface area contributed by atoms with E-state index in [1.165, 1.54) is 33.9 Å². The molecule has 10 nitrogen and oxygen atoms in total. The van der Waals surface area contributed by atoms with Gasteiger partial charge in [-0.3, -0.25) is 10.1 Å². The zero-order valence-corrected chi connectivity index (χ0v) is 18.4. The second kappa shape index (κ2) is 9.61. The Bertz CT molecular complexity index is 967. The van der Waals surface area contributed by atoms with Gasteiger partial charge in [0.2, 0.25) is 0 Å². The van der Waals surface area contributed by atoms with Crippen molar-refractivity contribution < 1.29 is 39.0 Å². The minimum Gasteiger partial charge on any atom is -0.504 e. The molecule has 2 aromatic rings. The van der Waals surface area contributed by atoms with Crippen LogP contribution in [-0.2, 0) is 22.7 Å². The van der Waals surface area contributed by atoms with Crippen LogP contribution in [0.1, 0.15) is 15.9 Å². The van der Waals surface area contributed by atoms with Gasteiger partial charge in [-0.2, -0.15) is 4.57 Å². The molecule has 0 aliphatic rings. The summed E-state index contributed by atoms with van der Waals surface area (Å²) in [6.45, 7) is -0.243. The molecule has 1 aromatic carbocycles. The van der Waals surface area contributed by atoms with Gasteiger partial charge in [0.05, 0.1) is 0 Å². The monoisotopic (exact) mass is 530 g/mol. The minimum absolute atomic E-state index is 0.175. The number of carbonyl (C=O) groups is 3. The van der Waals surface area contributed by atoms with E-state index in [0.717, 1.165) is 0 Å². The maximum absolute atomic E-state index is 12.2. The van der Waals surface area contributed by atoms with E-state index in [-0.39, 0.29) is 24.8 Å². The third-order valence-corrected chi connectivity index (χ3v) is 5.10. The maximum atomic E-state index is 12.2. The number of phenolic OH excluding ortho intramolecular Hbond substituents is 2. The number of aliphatic carboxylic acids is 1. The molecule has 0 saturated carbocycles. The highest BCUT2D eigenvalue weighted by Gasteiger charge is 2.38. The normalized spacial score (nSPS) is 12.5. The standard InChI is InChI=1S/C19H20IN3O7/c1-22(2)16(26)13-4-3-7-23(10-13)11-30-18(29)21-19(20,17(27)28)9-12-5-6-14(24)15(25)8-12/h3-8,10H,9,11H2,1-2H3,(H3-,21,24,25,27,28,29)/p+1. The number of alkyl halides is 1. The molecule has 2 rings (SSSR count). The zero-order chi connectivity index (χ0) is 22.5. The van der Waals surface area contributed by atoms with Crippen molar-refractivity contribution >= 4 is 40.6 Å². The number of rotatable bonds is 7. The molecule has 0 spiro atoms. The number of halogens is 1. The highest BCUT2D eigenvalue weighted by molar-refractivity contribution is 14.1. The first-order chi connectivity index (χ1) is 14.0. The average Bonchev–Trinajstić information content (AvgIpc) is 2.68. The summed E-state index contributed by atoms with van der Waals surface area (Å²) in [5.74, 6) is -2.28. The van der Waals surface area contributed by atoms with Crippen molar-refractivity contribution in [2.75, 3.05) is 14.1 Å². The van der Waals surface area contributed by atoms with Crippen LogP contribution in [0.3, 0.4) is 0 Å². The van der Waals surface area contributed by atoms with Crippen LogP contribution in [0.15, 0.2) is 42.7 Å². The third kappa shape index (κ3) is 5.95. The van der Waals surface area contributed by atoms with E-state index in [1.54, 1.807) is 55.0 Å². The lowest BCUT2D eigenvalue weighted by atomic mass is 10.1. The van der Waals surface area contributed by atoms with Gasteiger partial charge in [0.25, 0.3) is 12.6 Å². The number of aromatic nitrogens is 1. The van der Waals surface area contributed by atoms with Crippen LogP contribution in [0.2, 0.25) is 0 Å². The Morgan fingerprint density at radius 1 is 1.20 bits per heavy atom. The van der Waals surface area contributed by atoms with Gasteiger partial charge >= 0.3 is 12.1 Å². The number of alkyl carbamates (subject to hydrolysis) is 1. The lowest BCUT2D eigenvalue weighted by molar-refractivity contribution is -0.727. The van der Waals surface area contributed by atoms with Gasteiger partial charge in [-0.1, -0.05) is 6.07 Å². The van der Waals surface area contributed by atoms with Crippen molar-refractivity contribution in [1.29, 1.82) is 0 Å². The molecule has 11 heteroatoms. The summed E-state index contributed by atoms with van der Waals surface area (Å²) in [5.41, 5.74) is 0.777. The van der Waals surface area contributed by atoms with Crippen LogP contribution in [0.5, 0.6) is 11.5 Å². The molecule has 1 aromatic heterocycles. The quantitative estimate of drug-likeness (QED) is 0.139. The van der Waals surface area contributed by atoms with Gasteiger partial charge in [0, 0.05) is 26.6 Å². The number of carboxylic acid groups (broad SMARTS) is 1. The minimum atomic E-state index is -1.76. The number of aromatic hydroxyl groups is 2. The van der Waals surface area contributed by atoms with Gasteiger partial charge in [0.1, 0.15) is 5.56 Å². The van der Waals surface area contributed by atoms with Gasteiger partial charge in [0.15, 0.2) is 27.4 Å². The first kappa shape index (κ1) is 23.2. The molecule has 0 aliphatic heterocycles. The molecule has 0 bridgehead atoms. The predicted molar refractivity (Wildman–Crippen MR) is 112 cm³/mol. The number of carbonyl (C=O) groups excluding carboxylic acids is 2. The Morgan fingerprint density at radius 2 is 1.90 bits per heavy atom. The molecule has 30 heavy (non-hydrogen) atoms. The molecule has 1 unspecified atom stereocenters. The molecule has 4 N–H and O–H groups in total. The Kier molecular flexibility index (Phi) is 7.43. The van der Waals surface area contributed by atoms with E-state index in [2.05, 4.69) is 5.32 Å². The number of phenols is 2. The van der Waals surface area contributed by atoms with Crippen LogP contribution >= 0.6 is 22.6 Å². The van der Waals surface area contributed by atoms with Crippen molar-refractivity contribution in [2.45, 2.75) is 16.7 Å². The number of nitrogens with zero attached hydrogens (tertiary/aromatic N) is 2. The number of carboxylic acids is 1. The summed E-state index contributed by atoms with van der Waals surface area (Å²) in [7, 11) is 3.23. The van der Waals surface area contributed by atoms with Crippen LogP contribution in [0, 0.1) is 0 Å². The van der Waals surface area contributed by atoms with E-state index < -0.39 is 21.4 Å². The lowest BCUT2D eigenvalue weighted by Gasteiger charge is -2.23. The number of nitrogens with one attached hydrogen (secondary N) is 1. The number of pyridine rings is 1. The molecule has 1 heterocycles. The Hall–Kier alpha value is -3.09. The highest BCUT2D eigenvalue weighted by atomic mass is 127. The van der Waals surface area contributed by atoms with Crippen molar-refractivity contribution in [3.8, 4) is 11.5 Å². The Balaban J connectivity index is 2.05. The summed E-state index contributed by atoms with van der Waals surface area (Å²) >= 11 is 1.57. The smallest absolute Gasteiger partial charge is 0.413 e. The lowest BCUT2D eigenvalue weighted by Crippen LogP contribution is -2.52. The molecule has 0 radical (unpaired) electrons. The molecule has 0 saturated heterocycles. The third-order valence-electron chi connectivity index (χ3n) is 3.98. The topological polar surface area (TPSA) is 140 Å². The fourth-order valence-electron chi connectivity index (χ4n) is 2.45. The maximum Gasteiger partial charge on any atom is 0.413 e. The van der Waals surface area contributed by atoms with E-state index in [0.29, 0.717) is 11.1 Å². The summed E-state index contributed by atoms with van der Waals surface area (Å²) in [4.78, 5) is 37.3. The van der Waals surface area contributed by atoms with Gasteiger partial charge < -0.3 is 25.0 Å². The number of amides is 2. The van der Waals surface area contributed by atoms with Crippen molar-refractivity contribution in [3.05, 3.63) is 53.9 Å². The van der Waals surface area contributed by atoms with E-state index in [9.17, 15) is 29.7 Å². The number of hydrogen-bond donors (Lipinski definition) is 4. The van der Waals surface area contributed by atoms with Gasteiger partial charge in [-0.05, 0) is 46.4 Å². The first-order valence-electron chi connectivity index (χ1n) is 8.60. The molecule has 1 atom stereocenters. The Morgan fingerprint density at radius 3 is 2.50 bits per heavy atom. The molecule has 0 fully saturated rings. The number of hydrogen-bond acceptors (Lipinski definition) is 6. The van der Waals surface area contributed by atoms with Gasteiger partial charge in [-0.15, -0.1) is 0 Å². The Labute approximate surface area is 185 Å². The van der Waals surface area contributed by atoms with Crippen LogP contribution in [0.25, 0.3) is 0 Å². The van der Waals surface area contributed by atoms with Crippen molar-refractivity contribution in [1.82, 2.24) is 10.2 Å². The number of benzene rings is 1. The summed E-state index contributed by atoms with van der Waals surface area (Å²) in [6.07, 6.45) is 1.94. The molecule has 160 valence electrons. The fourth-order valence-corrected chi connectivity index (χ4v) is 3.11. The largest absolute Gasteiger partial charge is 0.504 e. The average molecular weight is 530 g/mol. The second-order valence-electron chi connectivity index (χ2n) is 6.60. The van der Waals surface area contributed by atoms with E-state index >= 15 is 0 Å². The van der Waals surface area contributed by atoms with Crippen LogP contribution in [-0.4, -0.2) is 55.8 Å². The predicted octanol–water partition coefficient (Wildman–Crippen LogP) is 1.23. The van der Waals surface area contributed by atoms with E-state index in [4.69, 9.17) is 4.74 Å². The SMILES string of the molecule is CN(C)C(=O)c1ccc[n+](COC(=O)NC(I)(Cc2ccc(O)c(O)c2)C(=O)O)c1. The van der Waals surface area contributed by atoms with Gasteiger partial charge in [-0.25, -0.2) is 9.59 Å².